The van der Waals surface area contributed by atoms with Gasteiger partial charge in [-0.2, -0.15) is 0 Å². The number of nitrogens with zero attached hydrogens (tertiary/aromatic N) is 2. The maximum absolute atomic E-state index is 12.3. The van der Waals surface area contributed by atoms with Crippen LogP contribution < -0.4 is 4.31 Å². The van der Waals surface area contributed by atoms with Crippen molar-refractivity contribution >= 4 is 27.6 Å². The van der Waals surface area contributed by atoms with E-state index in [2.05, 4.69) is 0 Å². The summed E-state index contributed by atoms with van der Waals surface area (Å²) in [6.07, 6.45) is 6.06. The van der Waals surface area contributed by atoms with Crippen LogP contribution in [0.1, 0.15) is 48.9 Å². The van der Waals surface area contributed by atoms with E-state index < -0.39 is 16.0 Å². The second-order valence-electron chi connectivity index (χ2n) is 7.16. The van der Waals surface area contributed by atoms with E-state index in [9.17, 15) is 18.0 Å². The molecule has 0 N–H and O–H groups in total. The van der Waals surface area contributed by atoms with Gasteiger partial charge in [0.25, 0.3) is 5.91 Å². The average Bonchev–Trinajstić information content (AvgIpc) is 3.05. The van der Waals surface area contributed by atoms with Crippen molar-refractivity contribution in [2.24, 2.45) is 0 Å². The lowest BCUT2D eigenvalue weighted by molar-refractivity contribution is -0.135. The topological polar surface area (TPSA) is 84.0 Å². The molecule has 1 saturated heterocycles. The Morgan fingerprint density at radius 1 is 1.11 bits per heavy atom. The molecule has 2 fully saturated rings. The highest BCUT2D eigenvalue weighted by atomic mass is 32.2. The Kier molecular flexibility index (Phi) is 6.04. The fourth-order valence-electron chi connectivity index (χ4n) is 3.68. The molecule has 0 unspecified atom stereocenters. The molecular formula is C19H26N2O5S. The monoisotopic (exact) mass is 394 g/mol. The Hall–Kier alpha value is -2.09. The number of anilines is 1. The van der Waals surface area contributed by atoms with Gasteiger partial charge in [0.15, 0.2) is 6.61 Å². The van der Waals surface area contributed by atoms with Gasteiger partial charge >= 0.3 is 5.97 Å². The third kappa shape index (κ3) is 4.61. The van der Waals surface area contributed by atoms with Gasteiger partial charge in [-0.25, -0.2) is 13.2 Å². The summed E-state index contributed by atoms with van der Waals surface area (Å²) in [7, 11) is -1.49. The Morgan fingerprint density at radius 2 is 1.78 bits per heavy atom. The van der Waals surface area contributed by atoms with Gasteiger partial charge in [0.1, 0.15) is 0 Å². The first-order chi connectivity index (χ1) is 12.9. The quantitative estimate of drug-likeness (QED) is 0.715. The van der Waals surface area contributed by atoms with Crippen LogP contribution in [0, 0.1) is 0 Å². The number of ether oxygens (including phenoxy) is 1. The molecule has 1 aromatic carbocycles. The predicted molar refractivity (Wildman–Crippen MR) is 102 cm³/mol. The number of amides is 1. The van der Waals surface area contributed by atoms with E-state index >= 15 is 0 Å². The SMILES string of the molecule is CN(C(=O)COC(=O)c1ccc(N2CCCS2(=O)=O)cc1)C1CCCCC1. The number of hydrogen-bond donors (Lipinski definition) is 0. The largest absolute Gasteiger partial charge is 0.452 e. The Balaban J connectivity index is 1.54. The third-order valence-corrected chi connectivity index (χ3v) is 7.20. The molecule has 3 rings (SSSR count). The number of rotatable bonds is 5. The fraction of sp³-hybridized carbons (Fsp3) is 0.579. The molecule has 1 heterocycles. The van der Waals surface area contributed by atoms with Gasteiger partial charge in [-0.05, 0) is 43.5 Å². The third-order valence-electron chi connectivity index (χ3n) is 5.33. The van der Waals surface area contributed by atoms with Gasteiger partial charge in [0.05, 0.1) is 17.0 Å². The summed E-state index contributed by atoms with van der Waals surface area (Å²) in [4.78, 5) is 26.1. The van der Waals surface area contributed by atoms with Crippen LogP contribution in [0.2, 0.25) is 0 Å². The summed E-state index contributed by atoms with van der Waals surface area (Å²) >= 11 is 0. The zero-order valence-corrected chi connectivity index (χ0v) is 16.4. The molecule has 0 bridgehead atoms. The molecule has 7 nitrogen and oxygen atoms in total. The van der Waals surface area contributed by atoms with Crippen molar-refractivity contribution in [3.63, 3.8) is 0 Å². The van der Waals surface area contributed by atoms with Gasteiger partial charge in [-0.1, -0.05) is 19.3 Å². The standard InChI is InChI=1S/C19H26N2O5S/c1-20(16-6-3-2-4-7-16)18(22)14-26-19(23)15-8-10-17(11-9-15)21-12-5-13-27(21,24)25/h8-11,16H,2-7,12-14H2,1H3. The van der Waals surface area contributed by atoms with Gasteiger partial charge in [0, 0.05) is 19.6 Å². The molecule has 1 saturated carbocycles. The zero-order chi connectivity index (χ0) is 19.4. The summed E-state index contributed by atoms with van der Waals surface area (Å²) in [5, 5.41) is 0. The van der Waals surface area contributed by atoms with Gasteiger partial charge in [-0.3, -0.25) is 9.10 Å². The summed E-state index contributed by atoms with van der Waals surface area (Å²) in [5.74, 6) is -0.640. The normalized spacial score (nSPS) is 19.7. The smallest absolute Gasteiger partial charge is 0.338 e. The van der Waals surface area contributed by atoms with Crippen LogP contribution in [0.15, 0.2) is 24.3 Å². The highest BCUT2D eigenvalue weighted by Gasteiger charge is 2.28. The Labute approximate surface area is 160 Å². The van der Waals surface area contributed by atoms with Crippen molar-refractivity contribution in [1.82, 2.24) is 4.90 Å². The van der Waals surface area contributed by atoms with Gasteiger partial charge < -0.3 is 9.64 Å². The number of hydrogen-bond acceptors (Lipinski definition) is 5. The van der Waals surface area contributed by atoms with Crippen LogP contribution in [0.4, 0.5) is 5.69 Å². The molecule has 0 spiro atoms. The van der Waals surface area contributed by atoms with Crippen LogP contribution in [0.3, 0.4) is 0 Å². The molecule has 0 aromatic heterocycles. The molecule has 0 atom stereocenters. The molecule has 2 aliphatic rings. The van der Waals surface area contributed by atoms with E-state index in [4.69, 9.17) is 4.74 Å². The lowest BCUT2D eigenvalue weighted by atomic mass is 9.94. The number of sulfonamides is 1. The van der Waals surface area contributed by atoms with E-state index in [0.29, 0.717) is 24.2 Å². The second-order valence-corrected chi connectivity index (χ2v) is 9.17. The van der Waals surface area contributed by atoms with Crippen LogP contribution in [-0.4, -0.2) is 57.2 Å². The molecule has 8 heteroatoms. The zero-order valence-electron chi connectivity index (χ0n) is 15.6. The van der Waals surface area contributed by atoms with E-state index in [-0.39, 0.29) is 24.3 Å². The lowest BCUT2D eigenvalue weighted by Crippen LogP contribution is -2.40. The van der Waals surface area contributed by atoms with Crippen molar-refractivity contribution in [1.29, 1.82) is 0 Å². The molecule has 27 heavy (non-hydrogen) atoms. The number of likely N-dealkylation sites (N-methyl/N-ethyl adjacent to an activating group) is 1. The summed E-state index contributed by atoms with van der Waals surface area (Å²) in [6.45, 7) is 0.169. The summed E-state index contributed by atoms with van der Waals surface area (Å²) in [6, 6.07) is 6.47. The first-order valence-corrected chi connectivity index (χ1v) is 11.0. The maximum atomic E-state index is 12.3. The number of benzene rings is 1. The van der Waals surface area contributed by atoms with Crippen LogP contribution >= 0.6 is 0 Å². The Bertz CT molecular complexity index is 785. The van der Waals surface area contributed by atoms with Crippen molar-refractivity contribution in [3.05, 3.63) is 29.8 Å². The minimum atomic E-state index is -3.25. The van der Waals surface area contributed by atoms with E-state index in [1.807, 2.05) is 0 Å². The molecule has 1 aromatic rings. The molecular weight excluding hydrogens is 368 g/mol. The fourth-order valence-corrected chi connectivity index (χ4v) is 5.24. The van der Waals surface area contributed by atoms with Gasteiger partial charge in [0.2, 0.25) is 10.0 Å². The first kappa shape index (κ1) is 19.7. The van der Waals surface area contributed by atoms with Crippen molar-refractivity contribution in [2.75, 3.05) is 30.3 Å². The average molecular weight is 394 g/mol. The number of carbonyl (C=O) groups is 2. The van der Waals surface area contributed by atoms with E-state index in [1.165, 1.54) is 22.9 Å². The highest BCUT2D eigenvalue weighted by Crippen LogP contribution is 2.24. The Morgan fingerprint density at radius 3 is 2.37 bits per heavy atom. The van der Waals surface area contributed by atoms with Crippen LogP contribution in [0.25, 0.3) is 0 Å². The van der Waals surface area contributed by atoms with Crippen molar-refractivity contribution < 1.29 is 22.7 Å². The van der Waals surface area contributed by atoms with Crippen LogP contribution in [-0.2, 0) is 19.6 Å². The summed E-state index contributed by atoms with van der Waals surface area (Å²) in [5.41, 5.74) is 0.834. The first-order valence-electron chi connectivity index (χ1n) is 9.42. The highest BCUT2D eigenvalue weighted by molar-refractivity contribution is 7.93. The number of carbonyl (C=O) groups excluding carboxylic acids is 2. The van der Waals surface area contributed by atoms with E-state index in [1.54, 1.807) is 24.1 Å². The minimum absolute atomic E-state index is 0.146. The van der Waals surface area contributed by atoms with Crippen molar-refractivity contribution in [3.8, 4) is 0 Å². The molecule has 148 valence electrons. The number of esters is 1. The lowest BCUT2D eigenvalue weighted by Gasteiger charge is -2.31. The van der Waals surface area contributed by atoms with Gasteiger partial charge in [-0.15, -0.1) is 0 Å². The second kappa shape index (κ2) is 8.29. The molecule has 1 aliphatic heterocycles. The molecule has 1 amide bonds. The maximum Gasteiger partial charge on any atom is 0.338 e. The van der Waals surface area contributed by atoms with Crippen LogP contribution in [0.5, 0.6) is 0 Å². The van der Waals surface area contributed by atoms with Crippen molar-refractivity contribution in [2.45, 2.75) is 44.6 Å². The van der Waals surface area contributed by atoms with E-state index in [0.717, 1.165) is 25.7 Å². The molecule has 1 aliphatic carbocycles. The predicted octanol–water partition coefficient (Wildman–Crippen LogP) is 2.17. The molecule has 0 radical (unpaired) electrons. The summed E-state index contributed by atoms with van der Waals surface area (Å²) < 4.78 is 30.4. The minimum Gasteiger partial charge on any atom is -0.452 e.